The lowest BCUT2D eigenvalue weighted by Gasteiger charge is -2.52. The van der Waals surface area contributed by atoms with Gasteiger partial charge < -0.3 is 9.47 Å². The highest BCUT2D eigenvalue weighted by Gasteiger charge is 2.57. The molecule has 25 heavy (non-hydrogen) atoms. The predicted octanol–water partition coefficient (Wildman–Crippen LogP) is 4.73. The summed E-state index contributed by atoms with van der Waals surface area (Å²) in [7, 11) is 1.75. The Bertz CT molecular complexity index is 682. The minimum Gasteiger partial charge on any atom is -0.497 e. The van der Waals surface area contributed by atoms with Crippen LogP contribution in [0, 0.1) is 23.2 Å². The highest BCUT2D eigenvalue weighted by Crippen LogP contribution is 2.62. The van der Waals surface area contributed by atoms with Crippen molar-refractivity contribution in [2.45, 2.75) is 64.9 Å². The monoisotopic (exact) mass is 342 g/mol. The summed E-state index contributed by atoms with van der Waals surface area (Å²) in [5, 5.41) is 0. The van der Waals surface area contributed by atoms with Crippen molar-refractivity contribution in [2.75, 3.05) is 7.11 Å². The fourth-order valence-corrected chi connectivity index (χ4v) is 6.43. The second-order valence-corrected chi connectivity index (χ2v) is 8.76. The third-order valence-corrected chi connectivity index (χ3v) is 7.50. The molecule has 0 spiro atoms. The highest BCUT2D eigenvalue weighted by atomic mass is 16.5. The third kappa shape index (κ3) is 2.58. The molecule has 0 heterocycles. The zero-order chi connectivity index (χ0) is 17.8. The summed E-state index contributed by atoms with van der Waals surface area (Å²) in [4.78, 5) is 11.6. The number of methoxy groups -OCH3 is 1. The standard InChI is InChI=1S/C22H30O3/c1-13-11-15-12-16(24-4)5-6-17(15)18-9-10-22(3)19(21(13)18)7-8-20(22)25-14(2)23/h5-6,12-13,18-21H,7-11H2,1-4H3/t13-,18-,19-,20+,21+,22+/m1/s1. The molecule has 0 aliphatic heterocycles. The normalized spacial score (nSPS) is 39.1. The van der Waals surface area contributed by atoms with Crippen LogP contribution >= 0.6 is 0 Å². The second kappa shape index (κ2) is 6.03. The van der Waals surface area contributed by atoms with Crippen LogP contribution < -0.4 is 4.74 Å². The van der Waals surface area contributed by atoms with Gasteiger partial charge in [0.2, 0.25) is 0 Å². The lowest BCUT2D eigenvalue weighted by molar-refractivity contribution is -0.155. The van der Waals surface area contributed by atoms with Gasteiger partial charge in [0.05, 0.1) is 7.11 Å². The van der Waals surface area contributed by atoms with E-state index in [2.05, 4.69) is 32.0 Å². The van der Waals surface area contributed by atoms with Crippen molar-refractivity contribution in [3.8, 4) is 5.75 Å². The van der Waals surface area contributed by atoms with Gasteiger partial charge in [-0.1, -0.05) is 19.9 Å². The van der Waals surface area contributed by atoms with E-state index >= 15 is 0 Å². The number of benzene rings is 1. The fourth-order valence-electron chi connectivity index (χ4n) is 6.43. The van der Waals surface area contributed by atoms with Crippen molar-refractivity contribution in [2.24, 2.45) is 23.2 Å². The first-order valence-electron chi connectivity index (χ1n) is 9.78. The molecule has 0 amide bonds. The Morgan fingerprint density at radius 1 is 1.24 bits per heavy atom. The first-order valence-corrected chi connectivity index (χ1v) is 9.78. The summed E-state index contributed by atoms with van der Waals surface area (Å²) in [5.74, 6) is 3.55. The van der Waals surface area contributed by atoms with Gasteiger partial charge in [-0.3, -0.25) is 4.79 Å². The third-order valence-electron chi connectivity index (χ3n) is 7.50. The van der Waals surface area contributed by atoms with Crippen molar-refractivity contribution in [1.29, 1.82) is 0 Å². The van der Waals surface area contributed by atoms with Gasteiger partial charge in [0, 0.05) is 12.3 Å². The molecule has 0 unspecified atom stereocenters. The quantitative estimate of drug-likeness (QED) is 0.729. The molecule has 4 rings (SSSR count). The fraction of sp³-hybridized carbons (Fsp3) is 0.682. The summed E-state index contributed by atoms with van der Waals surface area (Å²) in [6.07, 6.45) is 5.85. The van der Waals surface area contributed by atoms with Crippen molar-refractivity contribution in [3.63, 3.8) is 0 Å². The van der Waals surface area contributed by atoms with E-state index in [1.165, 1.54) is 18.4 Å². The van der Waals surface area contributed by atoms with E-state index in [0.717, 1.165) is 25.0 Å². The van der Waals surface area contributed by atoms with Crippen LogP contribution in [0.4, 0.5) is 0 Å². The molecule has 136 valence electrons. The Labute approximate surface area is 151 Å². The van der Waals surface area contributed by atoms with E-state index in [1.54, 1.807) is 19.6 Å². The Morgan fingerprint density at radius 3 is 2.76 bits per heavy atom. The molecule has 3 aliphatic carbocycles. The van der Waals surface area contributed by atoms with Crippen LogP contribution in [0.2, 0.25) is 0 Å². The van der Waals surface area contributed by atoms with E-state index in [-0.39, 0.29) is 17.5 Å². The molecule has 0 saturated heterocycles. The van der Waals surface area contributed by atoms with Crippen LogP contribution in [0.15, 0.2) is 18.2 Å². The number of hydrogen-bond donors (Lipinski definition) is 0. The first kappa shape index (κ1) is 16.9. The zero-order valence-electron chi connectivity index (χ0n) is 15.9. The molecule has 2 saturated carbocycles. The number of rotatable bonds is 2. The zero-order valence-corrected chi connectivity index (χ0v) is 15.9. The maximum Gasteiger partial charge on any atom is 0.302 e. The Kier molecular flexibility index (Phi) is 4.09. The van der Waals surface area contributed by atoms with Crippen LogP contribution in [0.5, 0.6) is 5.75 Å². The molecule has 1 aromatic rings. The highest BCUT2D eigenvalue weighted by molar-refractivity contribution is 5.66. The summed E-state index contributed by atoms with van der Waals surface area (Å²) in [6, 6.07) is 6.67. The van der Waals surface area contributed by atoms with E-state index in [1.807, 2.05) is 0 Å². The van der Waals surface area contributed by atoms with E-state index in [9.17, 15) is 4.79 Å². The molecule has 0 aromatic heterocycles. The smallest absolute Gasteiger partial charge is 0.302 e. The Hall–Kier alpha value is -1.51. The predicted molar refractivity (Wildman–Crippen MR) is 97.7 cm³/mol. The minimum atomic E-state index is -0.122. The molecule has 1 aromatic carbocycles. The minimum absolute atomic E-state index is 0.111. The summed E-state index contributed by atoms with van der Waals surface area (Å²) in [6.45, 7) is 6.35. The van der Waals surface area contributed by atoms with Gasteiger partial charge in [-0.05, 0) is 79.0 Å². The number of fused-ring (bicyclic) bond motifs is 5. The van der Waals surface area contributed by atoms with E-state index < -0.39 is 0 Å². The van der Waals surface area contributed by atoms with Crippen LogP contribution in [0.1, 0.15) is 63.5 Å². The summed E-state index contributed by atoms with van der Waals surface area (Å²) >= 11 is 0. The molecule has 3 nitrogen and oxygen atoms in total. The van der Waals surface area contributed by atoms with Gasteiger partial charge in [-0.2, -0.15) is 0 Å². The molecular weight excluding hydrogens is 312 g/mol. The van der Waals surface area contributed by atoms with Gasteiger partial charge >= 0.3 is 5.97 Å². The van der Waals surface area contributed by atoms with Gasteiger partial charge in [0.15, 0.2) is 0 Å². The number of carbonyl (C=O) groups excluding carboxylic acids is 1. The number of carbonyl (C=O) groups is 1. The van der Waals surface area contributed by atoms with Gasteiger partial charge in [0.25, 0.3) is 0 Å². The van der Waals surface area contributed by atoms with Crippen LogP contribution in [0.25, 0.3) is 0 Å². The number of ether oxygens (including phenoxy) is 2. The van der Waals surface area contributed by atoms with Crippen LogP contribution in [-0.4, -0.2) is 19.2 Å². The molecule has 6 atom stereocenters. The molecule has 0 bridgehead atoms. The topological polar surface area (TPSA) is 35.5 Å². The van der Waals surface area contributed by atoms with Crippen LogP contribution in [-0.2, 0) is 16.0 Å². The lowest BCUT2D eigenvalue weighted by atomic mass is 9.53. The van der Waals surface area contributed by atoms with Crippen molar-refractivity contribution < 1.29 is 14.3 Å². The molecule has 3 heteroatoms. The molecule has 0 radical (unpaired) electrons. The van der Waals surface area contributed by atoms with Gasteiger partial charge in [-0.15, -0.1) is 0 Å². The Balaban J connectivity index is 1.66. The number of esters is 1. The summed E-state index contributed by atoms with van der Waals surface area (Å²) < 4.78 is 11.2. The van der Waals surface area contributed by atoms with E-state index in [0.29, 0.717) is 23.7 Å². The second-order valence-electron chi connectivity index (χ2n) is 8.76. The largest absolute Gasteiger partial charge is 0.497 e. The van der Waals surface area contributed by atoms with Crippen LogP contribution in [0.3, 0.4) is 0 Å². The maximum atomic E-state index is 11.6. The SMILES string of the molecule is COc1ccc2c(c1)C[C@@H](C)[C@H]1[C@@H]2CC[C@]2(C)[C@@H](OC(C)=O)CC[C@H]12. The average molecular weight is 342 g/mol. The average Bonchev–Trinajstić information content (AvgIpc) is 2.90. The number of hydrogen-bond acceptors (Lipinski definition) is 3. The first-order chi connectivity index (χ1) is 11.9. The molecule has 0 N–H and O–H groups in total. The van der Waals surface area contributed by atoms with Crippen molar-refractivity contribution in [3.05, 3.63) is 29.3 Å². The lowest BCUT2D eigenvalue weighted by Crippen LogP contribution is -2.47. The van der Waals surface area contributed by atoms with E-state index in [4.69, 9.17) is 9.47 Å². The van der Waals surface area contributed by atoms with Gasteiger partial charge in [0.1, 0.15) is 11.9 Å². The maximum absolute atomic E-state index is 11.6. The Morgan fingerprint density at radius 2 is 2.04 bits per heavy atom. The van der Waals surface area contributed by atoms with Crippen molar-refractivity contribution >= 4 is 5.97 Å². The molecular formula is C22H30O3. The molecule has 2 fully saturated rings. The van der Waals surface area contributed by atoms with Gasteiger partial charge in [-0.25, -0.2) is 0 Å². The molecule has 3 aliphatic rings. The summed E-state index contributed by atoms with van der Waals surface area (Å²) in [5.41, 5.74) is 3.18. The van der Waals surface area contributed by atoms with Crippen molar-refractivity contribution in [1.82, 2.24) is 0 Å².